The summed E-state index contributed by atoms with van der Waals surface area (Å²) in [6.07, 6.45) is 1.12. The van der Waals surface area contributed by atoms with Gasteiger partial charge in [0, 0.05) is 19.1 Å². The summed E-state index contributed by atoms with van der Waals surface area (Å²) in [5.41, 5.74) is 6.22. The van der Waals surface area contributed by atoms with E-state index in [1.54, 1.807) is 12.1 Å². The van der Waals surface area contributed by atoms with Gasteiger partial charge in [-0.25, -0.2) is 4.39 Å². The first kappa shape index (κ1) is 16.9. The van der Waals surface area contributed by atoms with E-state index in [9.17, 15) is 9.18 Å². The molecule has 0 saturated carbocycles. The Kier molecular flexibility index (Phi) is 5.19. The van der Waals surface area contributed by atoms with Gasteiger partial charge in [0.2, 0.25) is 5.91 Å². The van der Waals surface area contributed by atoms with E-state index in [-0.39, 0.29) is 17.3 Å². The second-order valence-electron chi connectivity index (χ2n) is 7.00. The van der Waals surface area contributed by atoms with Gasteiger partial charge in [-0.05, 0) is 29.5 Å². The lowest BCUT2D eigenvalue weighted by Crippen LogP contribution is -2.41. The Hall–Kier alpha value is -1.46. The molecule has 1 aliphatic heterocycles. The van der Waals surface area contributed by atoms with E-state index in [0.29, 0.717) is 18.0 Å². The molecule has 0 radical (unpaired) electrons. The molecule has 3 N–H and O–H groups in total. The molecule has 1 saturated heterocycles. The number of nitrogens with one attached hydrogen (secondary N) is 1. The average Bonchev–Trinajstić information content (AvgIpc) is 2.89. The number of hydrogen-bond donors (Lipinski definition) is 2. The molecule has 1 aromatic rings. The highest BCUT2D eigenvalue weighted by molar-refractivity contribution is 5.81. The number of carbonyl (C=O) groups is 1. The minimum absolute atomic E-state index is 0.0565. The molecule has 3 atom stereocenters. The Balaban J connectivity index is 2.03. The monoisotopic (exact) mass is 308 g/mol. The molecule has 1 heterocycles. The standard InChI is InChI=1S/C17H25FN2O2/c1-17(2,3)15-12(8-9-22-15)10-20-14(16(19)21)11-4-6-13(18)7-5-11/h4-7,12,14-15,20H,8-10H2,1-3H3,(H2,19,21)/t12-,14?,15+/m1/s1. The predicted molar refractivity (Wildman–Crippen MR) is 83.6 cm³/mol. The summed E-state index contributed by atoms with van der Waals surface area (Å²) in [5, 5.41) is 3.22. The molecule has 1 unspecified atom stereocenters. The van der Waals surface area contributed by atoms with Crippen LogP contribution in [-0.4, -0.2) is 25.2 Å². The number of amides is 1. The van der Waals surface area contributed by atoms with Gasteiger partial charge in [0.05, 0.1) is 6.10 Å². The third kappa shape index (κ3) is 4.05. The van der Waals surface area contributed by atoms with Crippen LogP contribution >= 0.6 is 0 Å². The van der Waals surface area contributed by atoms with Gasteiger partial charge in [0.1, 0.15) is 11.9 Å². The minimum Gasteiger partial charge on any atom is -0.377 e. The molecule has 1 fully saturated rings. The topological polar surface area (TPSA) is 64.3 Å². The lowest BCUT2D eigenvalue weighted by Gasteiger charge is -2.32. The molecule has 2 rings (SSSR count). The largest absolute Gasteiger partial charge is 0.377 e. The summed E-state index contributed by atoms with van der Waals surface area (Å²) in [6, 6.07) is 5.24. The summed E-state index contributed by atoms with van der Waals surface area (Å²) in [6.45, 7) is 7.85. The Morgan fingerprint density at radius 1 is 1.41 bits per heavy atom. The zero-order valence-electron chi connectivity index (χ0n) is 13.4. The fourth-order valence-electron chi connectivity index (χ4n) is 3.11. The van der Waals surface area contributed by atoms with Gasteiger partial charge in [-0.2, -0.15) is 0 Å². The molecule has 1 amide bonds. The van der Waals surface area contributed by atoms with Crippen molar-refractivity contribution in [1.29, 1.82) is 0 Å². The fraction of sp³-hybridized carbons (Fsp3) is 0.588. The third-order valence-electron chi connectivity index (χ3n) is 4.14. The van der Waals surface area contributed by atoms with Gasteiger partial charge in [-0.1, -0.05) is 32.9 Å². The zero-order chi connectivity index (χ0) is 16.3. The van der Waals surface area contributed by atoms with Crippen LogP contribution in [0.1, 0.15) is 38.8 Å². The van der Waals surface area contributed by atoms with E-state index in [0.717, 1.165) is 13.0 Å². The van der Waals surface area contributed by atoms with Gasteiger partial charge in [-0.15, -0.1) is 0 Å². The van der Waals surface area contributed by atoms with Crippen molar-refractivity contribution >= 4 is 5.91 Å². The second-order valence-corrected chi connectivity index (χ2v) is 7.00. The molecular weight excluding hydrogens is 283 g/mol. The Morgan fingerprint density at radius 3 is 2.59 bits per heavy atom. The van der Waals surface area contributed by atoms with Gasteiger partial charge in [-0.3, -0.25) is 4.79 Å². The van der Waals surface area contributed by atoms with Crippen LogP contribution < -0.4 is 11.1 Å². The number of carbonyl (C=O) groups excluding carboxylic acids is 1. The molecule has 0 bridgehead atoms. The van der Waals surface area contributed by atoms with Crippen LogP contribution in [0, 0.1) is 17.2 Å². The molecule has 0 aromatic heterocycles. The lowest BCUT2D eigenvalue weighted by molar-refractivity contribution is -0.120. The van der Waals surface area contributed by atoms with Crippen LogP contribution in [-0.2, 0) is 9.53 Å². The summed E-state index contributed by atoms with van der Waals surface area (Å²) >= 11 is 0. The Labute approximate surface area is 131 Å². The number of halogens is 1. The molecule has 4 nitrogen and oxygen atoms in total. The van der Waals surface area contributed by atoms with Crippen molar-refractivity contribution in [3.63, 3.8) is 0 Å². The Bertz CT molecular complexity index is 510. The highest BCUT2D eigenvalue weighted by Gasteiger charge is 2.37. The molecular formula is C17H25FN2O2. The average molecular weight is 308 g/mol. The maximum atomic E-state index is 13.0. The number of hydrogen-bond acceptors (Lipinski definition) is 3. The molecule has 5 heteroatoms. The maximum Gasteiger partial charge on any atom is 0.239 e. The molecule has 122 valence electrons. The first-order valence-corrected chi connectivity index (χ1v) is 7.69. The van der Waals surface area contributed by atoms with Gasteiger partial charge < -0.3 is 15.8 Å². The maximum absolute atomic E-state index is 13.0. The molecule has 0 aliphatic carbocycles. The van der Waals surface area contributed by atoms with Crippen molar-refractivity contribution in [2.75, 3.05) is 13.2 Å². The molecule has 1 aromatic carbocycles. The van der Waals surface area contributed by atoms with Crippen LogP contribution in [0.15, 0.2) is 24.3 Å². The van der Waals surface area contributed by atoms with Gasteiger partial charge in [0.25, 0.3) is 0 Å². The first-order valence-electron chi connectivity index (χ1n) is 7.69. The minimum atomic E-state index is -0.609. The highest BCUT2D eigenvalue weighted by atomic mass is 19.1. The van der Waals surface area contributed by atoms with E-state index in [1.165, 1.54) is 12.1 Å². The highest BCUT2D eigenvalue weighted by Crippen LogP contribution is 2.34. The van der Waals surface area contributed by atoms with Crippen LogP contribution in [0.5, 0.6) is 0 Å². The van der Waals surface area contributed by atoms with Gasteiger partial charge >= 0.3 is 0 Å². The van der Waals surface area contributed by atoms with Crippen molar-refractivity contribution in [1.82, 2.24) is 5.32 Å². The lowest BCUT2D eigenvalue weighted by atomic mass is 9.81. The molecule has 1 aliphatic rings. The van der Waals surface area contributed by atoms with Crippen molar-refractivity contribution < 1.29 is 13.9 Å². The third-order valence-corrected chi connectivity index (χ3v) is 4.14. The van der Waals surface area contributed by atoms with Crippen LogP contribution in [0.2, 0.25) is 0 Å². The van der Waals surface area contributed by atoms with Crippen molar-refractivity contribution in [3.8, 4) is 0 Å². The van der Waals surface area contributed by atoms with E-state index in [1.807, 2.05) is 0 Å². The van der Waals surface area contributed by atoms with E-state index >= 15 is 0 Å². The smallest absolute Gasteiger partial charge is 0.239 e. The first-order chi connectivity index (χ1) is 10.3. The van der Waals surface area contributed by atoms with Crippen molar-refractivity contribution in [2.45, 2.75) is 39.3 Å². The van der Waals surface area contributed by atoms with Crippen LogP contribution in [0.25, 0.3) is 0 Å². The normalized spacial score (nSPS) is 23.5. The summed E-state index contributed by atoms with van der Waals surface area (Å²) in [4.78, 5) is 11.7. The second kappa shape index (κ2) is 6.75. The number of primary amides is 1. The van der Waals surface area contributed by atoms with Gasteiger partial charge in [0.15, 0.2) is 0 Å². The van der Waals surface area contributed by atoms with E-state index in [2.05, 4.69) is 26.1 Å². The Morgan fingerprint density at radius 2 is 2.05 bits per heavy atom. The van der Waals surface area contributed by atoms with E-state index in [4.69, 9.17) is 10.5 Å². The number of rotatable bonds is 5. The van der Waals surface area contributed by atoms with Crippen molar-refractivity contribution in [2.24, 2.45) is 17.1 Å². The quantitative estimate of drug-likeness (QED) is 0.878. The number of nitrogens with two attached hydrogens (primary N) is 1. The summed E-state index contributed by atoms with van der Waals surface area (Å²) < 4.78 is 18.9. The summed E-state index contributed by atoms with van der Waals surface area (Å²) in [5.74, 6) is -0.455. The fourth-order valence-corrected chi connectivity index (χ4v) is 3.11. The van der Waals surface area contributed by atoms with Crippen LogP contribution in [0.4, 0.5) is 4.39 Å². The zero-order valence-corrected chi connectivity index (χ0v) is 13.4. The predicted octanol–water partition coefficient (Wildman–Crippen LogP) is 2.39. The SMILES string of the molecule is CC(C)(C)[C@H]1OCC[C@@H]1CNC(C(N)=O)c1ccc(F)cc1. The van der Waals surface area contributed by atoms with E-state index < -0.39 is 11.9 Å². The van der Waals surface area contributed by atoms with Crippen LogP contribution in [0.3, 0.4) is 0 Å². The molecule has 0 spiro atoms. The van der Waals surface area contributed by atoms with Crippen molar-refractivity contribution in [3.05, 3.63) is 35.6 Å². The number of benzene rings is 1. The number of ether oxygens (including phenoxy) is 1. The molecule has 22 heavy (non-hydrogen) atoms. The summed E-state index contributed by atoms with van der Waals surface area (Å²) in [7, 11) is 0.